The molecule has 1 aliphatic rings. The van der Waals surface area contributed by atoms with Crippen LogP contribution in [0.25, 0.3) is 0 Å². The molecule has 0 radical (unpaired) electrons. The molecule has 1 aliphatic heterocycles. The average molecular weight is 611 g/mol. The Hall–Kier alpha value is -4.93. The van der Waals surface area contributed by atoms with Gasteiger partial charge in [-0.2, -0.15) is 4.98 Å². The Balaban J connectivity index is 1.45. The van der Waals surface area contributed by atoms with E-state index in [1.54, 1.807) is 12.1 Å². The molecule has 226 valence electrons. The van der Waals surface area contributed by atoms with Crippen LogP contribution in [-0.4, -0.2) is 59.9 Å². The first-order valence-electron chi connectivity index (χ1n) is 14.3. The molecule has 10 nitrogen and oxygen atoms in total. The van der Waals surface area contributed by atoms with Gasteiger partial charge in [0, 0.05) is 43.8 Å². The number of amides is 2. The first-order chi connectivity index (χ1) is 21.2. The molecule has 4 N–H and O–H groups in total. The Morgan fingerprint density at radius 1 is 0.932 bits per heavy atom. The summed E-state index contributed by atoms with van der Waals surface area (Å²) >= 11 is 6.39. The maximum Gasteiger partial charge on any atom is 0.261 e. The molecule has 0 unspecified atom stereocenters. The number of hydrogen-bond acceptors (Lipinski definition) is 8. The van der Waals surface area contributed by atoms with E-state index >= 15 is 0 Å². The van der Waals surface area contributed by atoms with Crippen LogP contribution in [0.1, 0.15) is 21.5 Å². The lowest BCUT2D eigenvalue weighted by Crippen LogP contribution is -2.44. The van der Waals surface area contributed by atoms with Crippen molar-refractivity contribution in [1.82, 2.24) is 14.9 Å². The quantitative estimate of drug-likeness (QED) is 0.162. The fourth-order valence-corrected chi connectivity index (χ4v) is 5.07. The summed E-state index contributed by atoms with van der Waals surface area (Å²) in [6.07, 6.45) is 2.64. The number of likely N-dealkylation sites (N-methyl/N-ethyl adjacent to an activating group) is 1. The molecule has 2 amide bonds. The summed E-state index contributed by atoms with van der Waals surface area (Å²) in [6, 6.07) is 19.0. The van der Waals surface area contributed by atoms with Gasteiger partial charge < -0.3 is 31.1 Å². The highest BCUT2D eigenvalue weighted by Gasteiger charge is 2.19. The summed E-state index contributed by atoms with van der Waals surface area (Å²) in [6.45, 7) is 11.3. The van der Waals surface area contributed by atoms with Gasteiger partial charge in [-0.3, -0.25) is 9.59 Å². The molecule has 0 aliphatic carbocycles. The van der Waals surface area contributed by atoms with Crippen molar-refractivity contribution < 1.29 is 9.59 Å². The van der Waals surface area contributed by atoms with E-state index in [2.05, 4.69) is 66.8 Å². The number of nitrogens with one attached hydrogen (secondary N) is 4. The minimum atomic E-state index is -0.448. The number of hydrogen-bond donors (Lipinski definition) is 4. The topological polar surface area (TPSA) is 115 Å². The highest BCUT2D eigenvalue weighted by molar-refractivity contribution is 6.34. The number of aromatic nitrogens is 2. The van der Waals surface area contributed by atoms with Gasteiger partial charge in [-0.1, -0.05) is 36.4 Å². The third kappa shape index (κ3) is 7.34. The largest absolute Gasteiger partial charge is 0.369 e. The summed E-state index contributed by atoms with van der Waals surface area (Å²) in [5.74, 6) is -0.293. The van der Waals surface area contributed by atoms with Gasteiger partial charge in [0.2, 0.25) is 11.9 Å². The Morgan fingerprint density at radius 2 is 1.68 bits per heavy atom. The van der Waals surface area contributed by atoms with Gasteiger partial charge in [-0.05, 0) is 80.6 Å². The zero-order valence-corrected chi connectivity index (χ0v) is 25.7. The number of rotatable bonds is 9. The third-order valence-electron chi connectivity index (χ3n) is 7.36. The third-order valence-corrected chi connectivity index (χ3v) is 7.67. The summed E-state index contributed by atoms with van der Waals surface area (Å²) in [4.78, 5) is 39.5. The predicted molar refractivity (Wildman–Crippen MR) is 179 cm³/mol. The molecule has 0 atom stereocenters. The van der Waals surface area contributed by atoms with Crippen LogP contribution in [0.3, 0.4) is 0 Å². The molecule has 5 rings (SSSR count). The van der Waals surface area contributed by atoms with Gasteiger partial charge in [-0.25, -0.2) is 4.98 Å². The molecule has 2 heterocycles. The van der Waals surface area contributed by atoms with E-state index in [-0.39, 0.29) is 23.2 Å². The van der Waals surface area contributed by atoms with Crippen LogP contribution < -0.4 is 26.2 Å². The minimum absolute atomic E-state index is 0.183. The molecule has 1 saturated heterocycles. The number of anilines is 7. The first-order valence-corrected chi connectivity index (χ1v) is 14.6. The zero-order chi connectivity index (χ0) is 31.2. The second-order valence-electron chi connectivity index (χ2n) is 10.7. The Kier molecular flexibility index (Phi) is 9.42. The number of para-hydroxylation sites is 1. The predicted octanol–water partition coefficient (Wildman–Crippen LogP) is 6.36. The van der Waals surface area contributed by atoms with Gasteiger partial charge in [0.1, 0.15) is 11.4 Å². The number of nitrogens with zero attached hydrogens (tertiary/aromatic N) is 4. The Morgan fingerprint density at radius 3 is 2.39 bits per heavy atom. The second-order valence-corrected chi connectivity index (χ2v) is 11.1. The van der Waals surface area contributed by atoms with Crippen LogP contribution >= 0.6 is 11.6 Å². The number of benzene rings is 3. The smallest absolute Gasteiger partial charge is 0.261 e. The fourth-order valence-electron chi connectivity index (χ4n) is 4.81. The lowest BCUT2D eigenvalue weighted by molar-refractivity contribution is -0.111. The van der Waals surface area contributed by atoms with Crippen molar-refractivity contribution in [3.63, 3.8) is 0 Å². The van der Waals surface area contributed by atoms with Crippen molar-refractivity contribution >= 4 is 63.6 Å². The van der Waals surface area contributed by atoms with E-state index in [0.717, 1.165) is 48.7 Å². The van der Waals surface area contributed by atoms with Gasteiger partial charge in [0.05, 0.1) is 22.1 Å². The van der Waals surface area contributed by atoms with Gasteiger partial charge >= 0.3 is 0 Å². The molecule has 1 fully saturated rings. The lowest BCUT2D eigenvalue weighted by atomic mass is 10.1. The molecule has 0 spiro atoms. The second kappa shape index (κ2) is 13.6. The standard InChI is InChI=1S/C33H35ClN8O2/c1-5-29(43)37-27-14-9-21(2)19-28(27)38-31-25(32(44)39-30-22(3)7-6-8-26(30)34)20-35-33(40-31)36-23-10-12-24(13-11-23)42-17-15-41(4)16-18-42/h5-14,19-20H,1,15-18H2,2-4H3,(H,37,43)(H,39,44)(H2,35,36,38,40). The Bertz CT molecular complexity index is 1660. The number of aryl methyl sites for hydroxylation is 2. The van der Waals surface area contributed by atoms with E-state index in [0.29, 0.717) is 22.1 Å². The summed E-state index contributed by atoms with van der Waals surface area (Å²) in [5.41, 5.74) is 5.44. The SMILES string of the molecule is C=CC(=O)Nc1ccc(C)cc1Nc1nc(Nc2ccc(N3CCN(C)CC3)cc2)ncc1C(=O)Nc1c(C)cccc1Cl. The zero-order valence-electron chi connectivity index (χ0n) is 24.9. The normalized spacial score (nSPS) is 13.2. The van der Waals surface area contributed by atoms with E-state index < -0.39 is 5.91 Å². The molecule has 0 bridgehead atoms. The van der Waals surface area contributed by atoms with Gasteiger partial charge in [0.25, 0.3) is 5.91 Å². The molecule has 11 heteroatoms. The van der Waals surface area contributed by atoms with Crippen LogP contribution in [0, 0.1) is 13.8 Å². The summed E-state index contributed by atoms with van der Waals surface area (Å²) in [7, 11) is 2.14. The molecule has 4 aromatic rings. The number of piperazine rings is 1. The molecule has 1 aromatic heterocycles. The van der Waals surface area contributed by atoms with E-state index in [4.69, 9.17) is 11.6 Å². The lowest BCUT2D eigenvalue weighted by Gasteiger charge is -2.34. The average Bonchev–Trinajstić information content (AvgIpc) is 3.01. The van der Waals surface area contributed by atoms with Gasteiger partial charge in [0.15, 0.2) is 0 Å². The minimum Gasteiger partial charge on any atom is -0.369 e. The van der Waals surface area contributed by atoms with E-state index in [9.17, 15) is 9.59 Å². The van der Waals surface area contributed by atoms with Crippen LogP contribution in [0.4, 0.5) is 40.2 Å². The highest BCUT2D eigenvalue weighted by Crippen LogP contribution is 2.31. The van der Waals surface area contributed by atoms with Crippen molar-refractivity contribution in [1.29, 1.82) is 0 Å². The van der Waals surface area contributed by atoms with E-state index in [1.807, 2.05) is 50.2 Å². The fraction of sp³-hybridized carbons (Fsp3) is 0.212. The molecule has 44 heavy (non-hydrogen) atoms. The maximum atomic E-state index is 13.6. The first kappa shape index (κ1) is 30.5. The van der Waals surface area contributed by atoms with E-state index in [1.165, 1.54) is 12.3 Å². The van der Waals surface area contributed by atoms with Crippen molar-refractivity contribution in [3.05, 3.63) is 101 Å². The number of halogens is 1. The summed E-state index contributed by atoms with van der Waals surface area (Å²) < 4.78 is 0. The van der Waals surface area contributed by atoms with Crippen LogP contribution in [-0.2, 0) is 4.79 Å². The monoisotopic (exact) mass is 610 g/mol. The molecular weight excluding hydrogens is 576 g/mol. The van der Waals surface area contributed by atoms with Crippen molar-refractivity contribution in [3.8, 4) is 0 Å². The molecular formula is C33H35ClN8O2. The maximum absolute atomic E-state index is 13.6. The van der Waals surface area contributed by atoms with Gasteiger partial charge in [-0.15, -0.1) is 0 Å². The van der Waals surface area contributed by atoms with Crippen LogP contribution in [0.15, 0.2) is 79.5 Å². The Labute approximate surface area is 262 Å². The van der Waals surface area contributed by atoms with Crippen molar-refractivity contribution in [2.45, 2.75) is 13.8 Å². The molecule has 3 aromatic carbocycles. The highest BCUT2D eigenvalue weighted by atomic mass is 35.5. The number of carbonyl (C=O) groups excluding carboxylic acids is 2. The van der Waals surface area contributed by atoms with Crippen LogP contribution in [0.5, 0.6) is 0 Å². The van der Waals surface area contributed by atoms with Crippen molar-refractivity contribution in [2.24, 2.45) is 0 Å². The van der Waals surface area contributed by atoms with Crippen molar-refractivity contribution in [2.75, 3.05) is 59.4 Å². The number of carbonyl (C=O) groups is 2. The summed E-state index contributed by atoms with van der Waals surface area (Å²) in [5, 5.41) is 12.6. The molecule has 0 saturated carbocycles. The van der Waals surface area contributed by atoms with Crippen LogP contribution in [0.2, 0.25) is 5.02 Å².